The van der Waals surface area contributed by atoms with Crippen LogP contribution in [-0.4, -0.2) is 40.4 Å². The molecule has 0 aromatic rings. The molecule has 72 valence electrons. The maximum Gasteiger partial charge on any atom is 0.107 e. The second kappa shape index (κ2) is 3.96. The predicted octanol–water partition coefficient (Wildman–Crippen LogP) is 0.0614. The van der Waals surface area contributed by atoms with Gasteiger partial charge in [0.2, 0.25) is 0 Å². The van der Waals surface area contributed by atoms with Gasteiger partial charge in [-0.2, -0.15) is 12.6 Å². The number of aliphatic hydroxyl groups excluding tert-OH is 2. The molecule has 2 N–H and O–H groups in total. The van der Waals surface area contributed by atoms with Gasteiger partial charge in [0, 0.05) is 11.7 Å². The van der Waals surface area contributed by atoms with Gasteiger partial charge in [0.05, 0.1) is 18.3 Å². The molecule has 0 aliphatic carbocycles. The minimum absolute atomic E-state index is 0.0134. The molecule has 0 aromatic carbocycles. The van der Waals surface area contributed by atoms with Crippen molar-refractivity contribution < 1.29 is 14.9 Å². The summed E-state index contributed by atoms with van der Waals surface area (Å²) < 4.78 is 5.44. The lowest BCUT2D eigenvalue weighted by atomic mass is 9.89. The molecule has 12 heavy (non-hydrogen) atoms. The van der Waals surface area contributed by atoms with E-state index in [-0.39, 0.29) is 18.1 Å². The van der Waals surface area contributed by atoms with E-state index < -0.39 is 12.2 Å². The highest BCUT2D eigenvalue weighted by Crippen LogP contribution is 2.25. The van der Waals surface area contributed by atoms with Gasteiger partial charge in [-0.3, -0.25) is 0 Å². The topological polar surface area (TPSA) is 49.7 Å². The van der Waals surface area contributed by atoms with E-state index in [0.29, 0.717) is 5.75 Å². The molecular formula is C8H16O3S. The molecule has 0 saturated carbocycles. The molecule has 0 spiro atoms. The van der Waals surface area contributed by atoms with Crippen molar-refractivity contribution in [3.05, 3.63) is 0 Å². The van der Waals surface area contributed by atoms with Gasteiger partial charge in [0.1, 0.15) is 6.10 Å². The van der Waals surface area contributed by atoms with E-state index in [1.54, 1.807) is 0 Å². The maximum absolute atomic E-state index is 9.55. The monoisotopic (exact) mass is 192 g/mol. The number of hydrogen-bond acceptors (Lipinski definition) is 4. The van der Waals surface area contributed by atoms with Crippen LogP contribution in [0.25, 0.3) is 0 Å². The Morgan fingerprint density at radius 2 is 1.83 bits per heavy atom. The van der Waals surface area contributed by atoms with Gasteiger partial charge in [-0.15, -0.1) is 0 Å². The summed E-state index contributed by atoms with van der Waals surface area (Å²) >= 11 is 4.04. The smallest absolute Gasteiger partial charge is 0.107 e. The zero-order valence-electron chi connectivity index (χ0n) is 7.34. The summed E-state index contributed by atoms with van der Waals surface area (Å²) in [5.41, 5.74) is 0. The molecular weight excluding hydrogens is 176 g/mol. The fourth-order valence-corrected chi connectivity index (χ4v) is 1.74. The quantitative estimate of drug-likeness (QED) is 0.515. The third-order valence-corrected chi connectivity index (χ3v) is 2.94. The number of rotatable bonds is 1. The molecule has 5 atom stereocenters. The van der Waals surface area contributed by atoms with Crippen molar-refractivity contribution in [2.24, 2.45) is 5.92 Å². The molecule has 1 rings (SSSR count). The van der Waals surface area contributed by atoms with Gasteiger partial charge >= 0.3 is 0 Å². The molecule has 1 heterocycles. The summed E-state index contributed by atoms with van der Waals surface area (Å²) in [6.07, 6.45) is -1.84. The number of hydrogen-bond donors (Lipinski definition) is 3. The Kier molecular flexibility index (Phi) is 3.40. The number of ether oxygens (including phenoxy) is 1. The third-order valence-electron chi connectivity index (χ3n) is 2.58. The molecule has 1 fully saturated rings. The summed E-state index contributed by atoms with van der Waals surface area (Å²) in [6.45, 7) is 3.77. The lowest BCUT2D eigenvalue weighted by Gasteiger charge is -2.39. The summed E-state index contributed by atoms with van der Waals surface area (Å²) in [4.78, 5) is 0. The average Bonchev–Trinajstić information content (AvgIpc) is 2.08. The van der Waals surface area contributed by atoms with Crippen molar-refractivity contribution in [2.75, 3.05) is 5.75 Å². The largest absolute Gasteiger partial charge is 0.390 e. The first-order valence-electron chi connectivity index (χ1n) is 4.20. The molecule has 1 aliphatic rings. The van der Waals surface area contributed by atoms with Crippen LogP contribution in [0.1, 0.15) is 13.8 Å². The lowest BCUT2D eigenvalue weighted by Crippen LogP contribution is -2.53. The van der Waals surface area contributed by atoms with E-state index in [1.165, 1.54) is 0 Å². The average molecular weight is 192 g/mol. The fourth-order valence-electron chi connectivity index (χ4n) is 1.44. The highest BCUT2D eigenvalue weighted by molar-refractivity contribution is 7.80. The van der Waals surface area contributed by atoms with Crippen molar-refractivity contribution in [3.63, 3.8) is 0 Å². The molecule has 0 radical (unpaired) electrons. The third kappa shape index (κ3) is 1.76. The Bertz CT molecular complexity index is 148. The Labute approximate surface area is 78.1 Å². The summed E-state index contributed by atoms with van der Waals surface area (Å²) in [7, 11) is 0. The van der Waals surface area contributed by atoms with Crippen LogP contribution in [0, 0.1) is 5.92 Å². The van der Waals surface area contributed by atoms with Gasteiger partial charge in [-0.05, 0) is 6.92 Å². The van der Waals surface area contributed by atoms with Crippen molar-refractivity contribution in [2.45, 2.75) is 38.3 Å². The van der Waals surface area contributed by atoms with Gasteiger partial charge in [0.25, 0.3) is 0 Å². The van der Waals surface area contributed by atoms with Crippen molar-refractivity contribution >= 4 is 12.6 Å². The normalized spacial score (nSPS) is 49.2. The Hall–Kier alpha value is 0.230. The van der Waals surface area contributed by atoms with Crippen LogP contribution in [0.4, 0.5) is 0 Å². The van der Waals surface area contributed by atoms with Crippen molar-refractivity contribution in [1.82, 2.24) is 0 Å². The Morgan fingerprint density at radius 3 is 2.33 bits per heavy atom. The van der Waals surface area contributed by atoms with Gasteiger partial charge in [-0.1, -0.05) is 6.92 Å². The second-order valence-corrected chi connectivity index (χ2v) is 3.77. The fraction of sp³-hybridized carbons (Fsp3) is 1.00. The number of aliphatic hydroxyl groups is 2. The number of thiol groups is 1. The molecule has 4 heteroatoms. The minimum atomic E-state index is -0.798. The Morgan fingerprint density at radius 1 is 1.25 bits per heavy atom. The maximum atomic E-state index is 9.55. The summed E-state index contributed by atoms with van der Waals surface area (Å²) in [5, 5.41) is 19.1. The highest BCUT2D eigenvalue weighted by Gasteiger charge is 2.39. The van der Waals surface area contributed by atoms with E-state index in [1.807, 2.05) is 13.8 Å². The lowest BCUT2D eigenvalue weighted by molar-refractivity contribution is -0.182. The van der Waals surface area contributed by atoms with Gasteiger partial charge < -0.3 is 14.9 Å². The van der Waals surface area contributed by atoms with E-state index >= 15 is 0 Å². The summed E-state index contributed by atoms with van der Waals surface area (Å²) in [6, 6.07) is 0. The molecule has 2 unspecified atom stereocenters. The molecule has 1 saturated heterocycles. The van der Waals surface area contributed by atoms with Crippen molar-refractivity contribution in [1.29, 1.82) is 0 Å². The summed E-state index contributed by atoms with van der Waals surface area (Å²) in [5.74, 6) is 0.422. The Balaban J connectivity index is 2.63. The first-order valence-corrected chi connectivity index (χ1v) is 4.83. The van der Waals surface area contributed by atoms with E-state index in [0.717, 1.165) is 0 Å². The van der Waals surface area contributed by atoms with Gasteiger partial charge in [0.15, 0.2) is 0 Å². The van der Waals surface area contributed by atoms with Crippen LogP contribution in [0.15, 0.2) is 0 Å². The first-order chi connectivity index (χ1) is 5.57. The van der Waals surface area contributed by atoms with E-state index in [2.05, 4.69) is 12.6 Å². The van der Waals surface area contributed by atoms with Crippen LogP contribution >= 0.6 is 12.6 Å². The van der Waals surface area contributed by atoms with Crippen LogP contribution in [0.2, 0.25) is 0 Å². The van der Waals surface area contributed by atoms with Crippen LogP contribution < -0.4 is 0 Å². The molecule has 0 bridgehead atoms. The van der Waals surface area contributed by atoms with Crippen LogP contribution in [0.5, 0.6) is 0 Å². The standard InChI is InChI=1S/C8H16O3S/c1-4-5(2)11-6(3-12)8(10)7(4)9/h4-10,12H,3H2,1-2H3/t4?,5-,6?,7-,8+/m1/s1. The van der Waals surface area contributed by atoms with E-state index in [4.69, 9.17) is 4.74 Å². The zero-order valence-corrected chi connectivity index (χ0v) is 8.24. The zero-order chi connectivity index (χ0) is 9.30. The van der Waals surface area contributed by atoms with Crippen molar-refractivity contribution in [3.8, 4) is 0 Å². The minimum Gasteiger partial charge on any atom is -0.390 e. The molecule has 0 aromatic heterocycles. The van der Waals surface area contributed by atoms with Crippen LogP contribution in [0.3, 0.4) is 0 Å². The second-order valence-electron chi connectivity index (χ2n) is 3.40. The first kappa shape index (κ1) is 10.3. The predicted molar refractivity (Wildman–Crippen MR) is 49.4 cm³/mol. The molecule has 0 amide bonds. The molecule has 1 aliphatic heterocycles. The SMILES string of the molecule is CC1[C@@H](O)[C@@H](O)C(CS)O[C@@H]1C. The molecule has 3 nitrogen and oxygen atoms in total. The van der Waals surface area contributed by atoms with Gasteiger partial charge in [-0.25, -0.2) is 0 Å². The van der Waals surface area contributed by atoms with Crippen LogP contribution in [-0.2, 0) is 4.74 Å². The van der Waals surface area contributed by atoms with E-state index in [9.17, 15) is 10.2 Å². The highest BCUT2D eigenvalue weighted by atomic mass is 32.1.